The normalized spacial score (nSPS) is 24.6. The Bertz CT molecular complexity index is 344. The summed E-state index contributed by atoms with van der Waals surface area (Å²) in [6.45, 7) is 9.21. The van der Waals surface area contributed by atoms with Gasteiger partial charge in [0.1, 0.15) is 0 Å². The fourth-order valence-corrected chi connectivity index (χ4v) is 2.86. The summed E-state index contributed by atoms with van der Waals surface area (Å²) in [4.78, 5) is 25.1. The van der Waals surface area contributed by atoms with E-state index in [-0.39, 0.29) is 18.6 Å². The third-order valence-corrected chi connectivity index (χ3v) is 4.00. The Morgan fingerprint density at radius 2 is 2.00 bits per heavy atom. The number of hydrogen-bond donors (Lipinski definition) is 2. The molecule has 1 rings (SSSR count). The minimum atomic E-state index is -0.834. The molecule has 5 heteroatoms. The quantitative estimate of drug-likeness (QED) is 0.815. The van der Waals surface area contributed by atoms with Gasteiger partial charge < -0.3 is 15.3 Å². The van der Waals surface area contributed by atoms with Crippen molar-refractivity contribution in [2.75, 3.05) is 13.1 Å². The molecule has 1 fully saturated rings. The van der Waals surface area contributed by atoms with E-state index < -0.39 is 11.9 Å². The van der Waals surface area contributed by atoms with Crippen LogP contribution in [0.15, 0.2) is 0 Å². The monoisotopic (exact) mass is 284 g/mol. The van der Waals surface area contributed by atoms with Crippen molar-refractivity contribution in [3.05, 3.63) is 0 Å². The van der Waals surface area contributed by atoms with Gasteiger partial charge in [-0.1, -0.05) is 20.8 Å². The molecule has 20 heavy (non-hydrogen) atoms. The van der Waals surface area contributed by atoms with E-state index >= 15 is 0 Å². The van der Waals surface area contributed by atoms with E-state index in [2.05, 4.69) is 19.2 Å². The van der Waals surface area contributed by atoms with Crippen molar-refractivity contribution in [2.45, 2.75) is 53.0 Å². The first kappa shape index (κ1) is 16.8. The molecule has 3 atom stereocenters. The van der Waals surface area contributed by atoms with Gasteiger partial charge in [-0.05, 0) is 38.0 Å². The van der Waals surface area contributed by atoms with Crippen LogP contribution in [0.1, 0.15) is 47.0 Å². The largest absolute Gasteiger partial charge is 0.481 e. The summed E-state index contributed by atoms with van der Waals surface area (Å²) in [7, 11) is 0. The minimum Gasteiger partial charge on any atom is -0.481 e. The molecule has 0 aromatic heterocycles. The molecule has 116 valence electrons. The first-order valence-corrected chi connectivity index (χ1v) is 7.58. The van der Waals surface area contributed by atoms with E-state index in [4.69, 9.17) is 5.11 Å². The number of rotatable bonds is 5. The van der Waals surface area contributed by atoms with Crippen LogP contribution in [0.3, 0.4) is 0 Å². The molecule has 0 spiro atoms. The van der Waals surface area contributed by atoms with Crippen molar-refractivity contribution in [2.24, 2.45) is 17.8 Å². The van der Waals surface area contributed by atoms with Gasteiger partial charge in [-0.15, -0.1) is 0 Å². The molecule has 1 heterocycles. The van der Waals surface area contributed by atoms with Crippen LogP contribution in [0.25, 0.3) is 0 Å². The van der Waals surface area contributed by atoms with E-state index in [1.165, 1.54) is 0 Å². The van der Waals surface area contributed by atoms with Gasteiger partial charge in [-0.3, -0.25) is 4.79 Å². The van der Waals surface area contributed by atoms with E-state index in [1.54, 1.807) is 0 Å². The number of nitrogens with zero attached hydrogens (tertiary/aromatic N) is 1. The lowest BCUT2D eigenvalue weighted by molar-refractivity contribution is -0.142. The van der Waals surface area contributed by atoms with Crippen LogP contribution < -0.4 is 5.32 Å². The number of piperidine rings is 1. The van der Waals surface area contributed by atoms with Gasteiger partial charge in [-0.25, -0.2) is 4.79 Å². The number of carbonyl (C=O) groups is 2. The van der Waals surface area contributed by atoms with Crippen LogP contribution in [0.2, 0.25) is 0 Å². The predicted octanol–water partition coefficient (Wildman–Crippen LogP) is 2.56. The average molecular weight is 284 g/mol. The number of hydrogen-bond acceptors (Lipinski definition) is 2. The van der Waals surface area contributed by atoms with Gasteiger partial charge in [0.15, 0.2) is 0 Å². The van der Waals surface area contributed by atoms with Crippen LogP contribution in [0, 0.1) is 17.8 Å². The summed E-state index contributed by atoms with van der Waals surface area (Å²) in [6.07, 6.45) is 2.62. The molecule has 3 unspecified atom stereocenters. The molecule has 5 nitrogen and oxygen atoms in total. The van der Waals surface area contributed by atoms with Crippen LogP contribution in [-0.4, -0.2) is 41.1 Å². The summed E-state index contributed by atoms with van der Waals surface area (Å²) in [5.74, 6) is -0.373. The molecule has 1 aliphatic heterocycles. The number of likely N-dealkylation sites (tertiary alicyclic amines) is 1. The lowest BCUT2D eigenvalue weighted by Crippen LogP contribution is -2.50. The predicted molar refractivity (Wildman–Crippen MR) is 78.5 cm³/mol. The third-order valence-electron chi connectivity index (χ3n) is 4.00. The molecule has 0 radical (unpaired) electrons. The number of aliphatic carboxylic acids is 1. The molecule has 2 N–H and O–H groups in total. The van der Waals surface area contributed by atoms with E-state index in [0.717, 1.165) is 19.4 Å². The van der Waals surface area contributed by atoms with Crippen molar-refractivity contribution in [1.29, 1.82) is 0 Å². The fraction of sp³-hybridized carbons (Fsp3) is 0.867. The molecular weight excluding hydrogens is 256 g/mol. The first-order chi connectivity index (χ1) is 9.31. The topological polar surface area (TPSA) is 69.6 Å². The number of nitrogens with one attached hydrogen (secondary N) is 1. The number of carboxylic acids is 1. The zero-order valence-corrected chi connectivity index (χ0v) is 13.1. The second-order valence-electron chi connectivity index (χ2n) is 6.52. The van der Waals surface area contributed by atoms with E-state index in [0.29, 0.717) is 18.3 Å². The maximum absolute atomic E-state index is 12.1. The van der Waals surface area contributed by atoms with E-state index in [9.17, 15) is 9.59 Å². The number of carbonyl (C=O) groups excluding carboxylic acids is 1. The van der Waals surface area contributed by atoms with Crippen molar-refractivity contribution in [3.63, 3.8) is 0 Å². The van der Waals surface area contributed by atoms with Gasteiger partial charge in [0.2, 0.25) is 0 Å². The molecule has 0 aromatic rings. The lowest BCUT2D eigenvalue weighted by Gasteiger charge is -2.36. The van der Waals surface area contributed by atoms with Gasteiger partial charge in [0, 0.05) is 19.1 Å². The Hall–Kier alpha value is -1.26. The standard InChI is InChI=1S/C15H28N2O3/c1-10(2)7-13(14(18)19)9-16-15(20)17-6-5-11(3)8-12(17)4/h10-13H,5-9H2,1-4H3,(H,16,20)(H,18,19). The lowest BCUT2D eigenvalue weighted by atomic mass is 9.93. The highest BCUT2D eigenvalue weighted by atomic mass is 16.4. The summed E-state index contributed by atoms with van der Waals surface area (Å²) in [6, 6.07) is 0.103. The summed E-state index contributed by atoms with van der Waals surface area (Å²) < 4.78 is 0. The average Bonchev–Trinajstić information content (AvgIpc) is 2.33. The minimum absolute atomic E-state index is 0.126. The highest BCUT2D eigenvalue weighted by Gasteiger charge is 2.27. The SMILES string of the molecule is CC(C)CC(CNC(=O)N1CCC(C)CC1C)C(=O)O. The maximum atomic E-state index is 12.1. The highest BCUT2D eigenvalue weighted by Crippen LogP contribution is 2.22. The Morgan fingerprint density at radius 1 is 1.35 bits per heavy atom. The van der Waals surface area contributed by atoms with E-state index in [1.807, 2.05) is 18.7 Å². The third kappa shape index (κ3) is 5.02. The first-order valence-electron chi connectivity index (χ1n) is 7.58. The van der Waals surface area contributed by atoms with Crippen LogP contribution in [0.4, 0.5) is 4.79 Å². The van der Waals surface area contributed by atoms with Crippen molar-refractivity contribution in [1.82, 2.24) is 10.2 Å². The smallest absolute Gasteiger partial charge is 0.317 e. The Morgan fingerprint density at radius 3 is 2.50 bits per heavy atom. The van der Waals surface area contributed by atoms with Crippen LogP contribution >= 0.6 is 0 Å². The number of carboxylic acid groups (broad SMARTS) is 1. The molecule has 2 amide bonds. The zero-order valence-electron chi connectivity index (χ0n) is 13.1. The van der Waals surface area contributed by atoms with Gasteiger partial charge >= 0.3 is 12.0 Å². The Balaban J connectivity index is 2.46. The van der Waals surface area contributed by atoms with Gasteiger partial charge in [-0.2, -0.15) is 0 Å². The molecule has 0 aliphatic carbocycles. The van der Waals surface area contributed by atoms with Gasteiger partial charge in [0.25, 0.3) is 0 Å². The second kappa shape index (κ2) is 7.50. The summed E-state index contributed by atoms with van der Waals surface area (Å²) in [5, 5.41) is 12.0. The molecule has 0 saturated carbocycles. The molecule has 1 aliphatic rings. The molecule has 0 bridgehead atoms. The zero-order chi connectivity index (χ0) is 15.3. The molecule has 0 aromatic carbocycles. The maximum Gasteiger partial charge on any atom is 0.317 e. The summed E-state index contributed by atoms with van der Waals surface area (Å²) in [5.41, 5.74) is 0. The Labute approximate surface area is 121 Å². The summed E-state index contributed by atoms with van der Waals surface area (Å²) >= 11 is 0. The highest BCUT2D eigenvalue weighted by molar-refractivity contribution is 5.76. The Kier molecular flexibility index (Phi) is 6.30. The number of amides is 2. The fourth-order valence-electron chi connectivity index (χ4n) is 2.86. The van der Waals surface area contributed by atoms with Gasteiger partial charge in [0.05, 0.1) is 5.92 Å². The van der Waals surface area contributed by atoms with Crippen molar-refractivity contribution in [3.8, 4) is 0 Å². The van der Waals surface area contributed by atoms with Crippen LogP contribution in [0.5, 0.6) is 0 Å². The second-order valence-corrected chi connectivity index (χ2v) is 6.52. The van der Waals surface area contributed by atoms with Crippen LogP contribution in [-0.2, 0) is 4.79 Å². The van der Waals surface area contributed by atoms with Crippen molar-refractivity contribution < 1.29 is 14.7 Å². The van der Waals surface area contributed by atoms with Crippen molar-refractivity contribution >= 4 is 12.0 Å². The molecule has 1 saturated heterocycles. The molecular formula is C15H28N2O3. The number of urea groups is 1.